The van der Waals surface area contributed by atoms with E-state index in [-0.39, 0.29) is 6.04 Å². The molecule has 0 aromatic heterocycles. The smallest absolute Gasteiger partial charge is 0.315 e. The number of urea groups is 1. The maximum absolute atomic E-state index is 11.4. The molecule has 1 saturated carbocycles. The zero-order valence-corrected chi connectivity index (χ0v) is 10.2. The van der Waals surface area contributed by atoms with E-state index in [0.717, 1.165) is 0 Å². The highest BCUT2D eigenvalue weighted by Crippen LogP contribution is 2.21. The van der Waals surface area contributed by atoms with Gasteiger partial charge in [0.1, 0.15) is 30.5 Å². The van der Waals surface area contributed by atoms with E-state index in [9.17, 15) is 30.3 Å². The summed E-state index contributed by atoms with van der Waals surface area (Å²) in [5, 5.41) is 52.3. The topological polar surface area (TPSA) is 142 Å². The van der Waals surface area contributed by atoms with Crippen molar-refractivity contribution in [2.24, 2.45) is 0 Å². The Morgan fingerprint density at radius 3 is 1.67 bits per heavy atom. The van der Waals surface area contributed by atoms with Gasteiger partial charge in [-0.25, -0.2) is 4.79 Å². The van der Waals surface area contributed by atoms with Crippen molar-refractivity contribution < 1.29 is 30.3 Å². The number of aliphatic hydroxyl groups excluding tert-OH is 5. The van der Waals surface area contributed by atoms with Gasteiger partial charge in [-0.1, -0.05) is 0 Å². The molecule has 1 fully saturated rings. The third-order valence-electron chi connectivity index (χ3n) is 2.85. The molecule has 1 rings (SSSR count). The molecule has 7 N–H and O–H groups in total. The van der Waals surface area contributed by atoms with Crippen LogP contribution in [-0.2, 0) is 0 Å². The zero-order chi connectivity index (χ0) is 14.0. The van der Waals surface area contributed by atoms with Crippen LogP contribution in [0.4, 0.5) is 4.79 Å². The van der Waals surface area contributed by atoms with Gasteiger partial charge in [-0.15, -0.1) is 0 Å². The minimum atomic E-state index is -1.67. The first kappa shape index (κ1) is 15.1. The van der Waals surface area contributed by atoms with Gasteiger partial charge in [0.2, 0.25) is 0 Å². The Hall–Kier alpha value is -0.930. The van der Waals surface area contributed by atoms with Crippen LogP contribution in [0.15, 0.2) is 0 Å². The number of rotatable bonds is 2. The Bertz CT molecular complexity index is 284. The summed E-state index contributed by atoms with van der Waals surface area (Å²) in [5.74, 6) is 0. The number of hydrogen-bond donors (Lipinski definition) is 7. The maximum Gasteiger partial charge on any atom is 0.315 e. The second-order valence-electron chi connectivity index (χ2n) is 4.75. The van der Waals surface area contributed by atoms with Gasteiger partial charge in [0.25, 0.3) is 0 Å². The van der Waals surface area contributed by atoms with Crippen molar-refractivity contribution in [3.63, 3.8) is 0 Å². The normalized spacial score (nSPS) is 40.7. The Kier molecular flexibility index (Phi) is 4.88. The first-order valence-corrected chi connectivity index (χ1v) is 5.73. The molecule has 0 aromatic carbocycles. The van der Waals surface area contributed by atoms with E-state index in [1.807, 2.05) is 0 Å². The summed E-state index contributed by atoms with van der Waals surface area (Å²) in [6.07, 6.45) is -8.10. The number of nitrogens with one attached hydrogen (secondary N) is 2. The molecule has 1 aliphatic carbocycles. The van der Waals surface area contributed by atoms with Crippen molar-refractivity contribution in [1.29, 1.82) is 0 Å². The van der Waals surface area contributed by atoms with Gasteiger partial charge >= 0.3 is 6.03 Å². The number of hydrogen-bond acceptors (Lipinski definition) is 6. The number of carbonyl (C=O) groups is 1. The molecule has 0 bridgehead atoms. The zero-order valence-electron chi connectivity index (χ0n) is 10.2. The highest BCUT2D eigenvalue weighted by molar-refractivity contribution is 5.74. The van der Waals surface area contributed by atoms with Crippen LogP contribution in [0.2, 0.25) is 0 Å². The highest BCUT2D eigenvalue weighted by atomic mass is 16.4. The van der Waals surface area contributed by atoms with Gasteiger partial charge in [0.05, 0.1) is 6.04 Å². The summed E-state index contributed by atoms with van der Waals surface area (Å²) in [4.78, 5) is 11.4. The van der Waals surface area contributed by atoms with Gasteiger partial charge in [0.15, 0.2) is 0 Å². The summed E-state index contributed by atoms with van der Waals surface area (Å²) >= 11 is 0. The Morgan fingerprint density at radius 2 is 1.28 bits per heavy atom. The molecule has 8 heteroatoms. The van der Waals surface area contributed by atoms with E-state index in [1.54, 1.807) is 13.8 Å². The largest absolute Gasteiger partial charge is 0.388 e. The Morgan fingerprint density at radius 1 is 0.889 bits per heavy atom. The molecule has 1 aliphatic rings. The molecule has 0 spiro atoms. The summed E-state index contributed by atoms with van der Waals surface area (Å²) in [6, 6.07) is -2.07. The van der Waals surface area contributed by atoms with E-state index >= 15 is 0 Å². The molecular weight excluding hydrogens is 244 g/mol. The first-order chi connectivity index (χ1) is 8.25. The van der Waals surface area contributed by atoms with Gasteiger partial charge in [-0.3, -0.25) is 0 Å². The molecule has 0 saturated heterocycles. The van der Waals surface area contributed by atoms with E-state index in [4.69, 9.17) is 0 Å². The lowest BCUT2D eigenvalue weighted by molar-refractivity contribution is -0.188. The van der Waals surface area contributed by atoms with Crippen molar-refractivity contribution in [3.8, 4) is 0 Å². The lowest BCUT2D eigenvalue weighted by Crippen LogP contribution is -2.69. The van der Waals surface area contributed by atoms with Crippen molar-refractivity contribution in [3.05, 3.63) is 0 Å². The fourth-order valence-electron chi connectivity index (χ4n) is 1.86. The second kappa shape index (κ2) is 5.81. The fraction of sp³-hybridized carbons (Fsp3) is 0.900. The van der Waals surface area contributed by atoms with Crippen molar-refractivity contribution >= 4 is 6.03 Å². The summed E-state index contributed by atoms with van der Waals surface area (Å²) in [5.41, 5.74) is 0. The SMILES string of the molecule is CC(C)NC(=O)NC1[C@@H](O)[C@H](O)C(O)[C@H](O)[C@H]1O. The van der Waals surface area contributed by atoms with Gasteiger partial charge in [0, 0.05) is 6.04 Å². The molecule has 0 radical (unpaired) electrons. The van der Waals surface area contributed by atoms with Crippen LogP contribution in [0, 0.1) is 0 Å². The molecule has 0 heterocycles. The fourth-order valence-corrected chi connectivity index (χ4v) is 1.86. The minimum Gasteiger partial charge on any atom is -0.388 e. The molecule has 6 atom stereocenters. The standard InChI is InChI=1S/C10H20N2O6/c1-3(2)11-10(18)12-4-5(13)7(15)9(17)8(16)6(4)14/h3-9,13-17H,1-2H3,(H2,11,12,18)/t4?,5-,6+,7+,8-,9?. The van der Waals surface area contributed by atoms with Crippen LogP contribution in [0.25, 0.3) is 0 Å². The van der Waals surface area contributed by atoms with E-state index in [0.29, 0.717) is 0 Å². The molecule has 2 unspecified atom stereocenters. The van der Waals surface area contributed by atoms with E-state index < -0.39 is 42.6 Å². The predicted molar refractivity (Wildman–Crippen MR) is 60.6 cm³/mol. The predicted octanol–water partition coefficient (Wildman–Crippen LogP) is -3.12. The average Bonchev–Trinajstić information content (AvgIpc) is 2.29. The van der Waals surface area contributed by atoms with Crippen LogP contribution in [0.3, 0.4) is 0 Å². The molecular formula is C10H20N2O6. The third kappa shape index (κ3) is 3.09. The second-order valence-corrected chi connectivity index (χ2v) is 4.75. The van der Waals surface area contributed by atoms with Crippen molar-refractivity contribution in [2.45, 2.75) is 56.5 Å². The van der Waals surface area contributed by atoms with Crippen LogP contribution in [0.5, 0.6) is 0 Å². The molecule has 18 heavy (non-hydrogen) atoms. The van der Waals surface area contributed by atoms with Gasteiger partial charge in [-0.05, 0) is 13.8 Å². The summed E-state index contributed by atoms with van der Waals surface area (Å²) in [6.45, 7) is 3.45. The quantitative estimate of drug-likeness (QED) is 0.281. The maximum atomic E-state index is 11.4. The molecule has 0 aromatic rings. The van der Waals surface area contributed by atoms with Gasteiger partial charge in [-0.2, -0.15) is 0 Å². The van der Waals surface area contributed by atoms with Crippen LogP contribution >= 0.6 is 0 Å². The number of carbonyl (C=O) groups excluding carboxylic acids is 1. The third-order valence-corrected chi connectivity index (χ3v) is 2.85. The molecule has 106 valence electrons. The lowest BCUT2D eigenvalue weighted by atomic mass is 9.83. The highest BCUT2D eigenvalue weighted by Gasteiger charge is 2.48. The minimum absolute atomic E-state index is 0.150. The van der Waals surface area contributed by atoms with Crippen molar-refractivity contribution in [1.82, 2.24) is 10.6 Å². The Balaban J connectivity index is 2.71. The van der Waals surface area contributed by atoms with Gasteiger partial charge < -0.3 is 36.2 Å². The Labute approximate surface area is 104 Å². The molecule has 0 aliphatic heterocycles. The van der Waals surface area contributed by atoms with Crippen LogP contribution in [0.1, 0.15) is 13.8 Å². The van der Waals surface area contributed by atoms with Crippen LogP contribution in [-0.4, -0.2) is 74.2 Å². The summed E-state index contributed by atoms with van der Waals surface area (Å²) in [7, 11) is 0. The van der Waals surface area contributed by atoms with E-state index in [2.05, 4.69) is 10.6 Å². The van der Waals surface area contributed by atoms with E-state index in [1.165, 1.54) is 0 Å². The monoisotopic (exact) mass is 264 g/mol. The van der Waals surface area contributed by atoms with Crippen LogP contribution < -0.4 is 10.6 Å². The first-order valence-electron chi connectivity index (χ1n) is 5.73. The van der Waals surface area contributed by atoms with Crippen molar-refractivity contribution in [2.75, 3.05) is 0 Å². The summed E-state index contributed by atoms with van der Waals surface area (Å²) < 4.78 is 0. The number of amides is 2. The number of aliphatic hydroxyl groups is 5. The average molecular weight is 264 g/mol. The lowest BCUT2D eigenvalue weighted by Gasteiger charge is -2.42. The molecule has 2 amide bonds. The molecule has 8 nitrogen and oxygen atoms in total.